The molecule has 1 amide bonds. The lowest BCUT2D eigenvalue weighted by molar-refractivity contribution is -0.141. The molecule has 0 aliphatic heterocycles. The van der Waals surface area contributed by atoms with E-state index in [4.69, 9.17) is 9.47 Å². The first-order chi connectivity index (χ1) is 18.6. The summed E-state index contributed by atoms with van der Waals surface area (Å²) >= 11 is 1.13. The molecule has 202 valence electrons. The van der Waals surface area contributed by atoms with Gasteiger partial charge in [0.05, 0.1) is 34.4 Å². The van der Waals surface area contributed by atoms with Crippen molar-refractivity contribution < 1.29 is 32.3 Å². The van der Waals surface area contributed by atoms with E-state index in [9.17, 15) is 22.8 Å². The number of nitrogens with one attached hydrogen (secondary N) is 1. The van der Waals surface area contributed by atoms with Crippen molar-refractivity contribution in [1.29, 1.82) is 0 Å². The number of hydrogen-bond acceptors (Lipinski definition) is 8. The van der Waals surface area contributed by atoms with Crippen molar-refractivity contribution in [2.45, 2.75) is 25.3 Å². The number of benzene rings is 3. The first kappa shape index (κ1) is 27.7. The maximum absolute atomic E-state index is 13.0. The molecule has 1 heterocycles. The number of carbonyl (C=O) groups is 3. The monoisotopic (exact) mass is 567 g/mol. The highest BCUT2D eigenvalue weighted by molar-refractivity contribution is 7.92. The number of carbonyl (C=O) groups excluding carboxylic acids is 3. The van der Waals surface area contributed by atoms with E-state index in [1.165, 1.54) is 48.1 Å². The maximum atomic E-state index is 13.0. The number of hydrogen-bond donors (Lipinski definition) is 1. The first-order valence-corrected chi connectivity index (χ1v) is 14.1. The third-order valence-electron chi connectivity index (χ3n) is 5.62. The molecule has 4 aromatic rings. The van der Waals surface area contributed by atoms with Gasteiger partial charge in [0.15, 0.2) is 4.80 Å². The zero-order chi connectivity index (χ0) is 28.2. The van der Waals surface area contributed by atoms with Gasteiger partial charge < -0.3 is 14.0 Å². The molecule has 0 unspecified atom stereocenters. The van der Waals surface area contributed by atoms with Crippen LogP contribution in [0.2, 0.25) is 0 Å². The van der Waals surface area contributed by atoms with Gasteiger partial charge in [-0.2, -0.15) is 4.99 Å². The van der Waals surface area contributed by atoms with Gasteiger partial charge in [-0.15, -0.1) is 0 Å². The molecule has 4 rings (SSSR count). The number of aryl methyl sites for hydroxylation is 1. The predicted octanol–water partition coefficient (Wildman–Crippen LogP) is 3.90. The summed E-state index contributed by atoms with van der Waals surface area (Å²) < 4.78 is 39.8. The van der Waals surface area contributed by atoms with E-state index in [2.05, 4.69) is 9.71 Å². The second kappa shape index (κ2) is 11.6. The number of amides is 1. The molecule has 0 fully saturated rings. The summed E-state index contributed by atoms with van der Waals surface area (Å²) in [6.45, 7) is 3.60. The molecule has 0 bridgehead atoms. The molecule has 1 aromatic heterocycles. The Morgan fingerprint density at radius 2 is 1.64 bits per heavy atom. The third-order valence-corrected chi connectivity index (χ3v) is 8.06. The number of anilines is 1. The van der Waals surface area contributed by atoms with Crippen LogP contribution in [0.1, 0.15) is 33.2 Å². The Balaban J connectivity index is 1.64. The lowest BCUT2D eigenvalue weighted by Crippen LogP contribution is -2.22. The SMILES string of the molecule is CCOC(=O)c1ccc2c(c1)sc(=NC(=O)c1ccc(NS(=O)(=O)c3ccc(C)cc3)cc1)n2CC(=O)OC. The van der Waals surface area contributed by atoms with Gasteiger partial charge in [-0.05, 0) is 68.4 Å². The highest BCUT2D eigenvalue weighted by atomic mass is 32.2. The van der Waals surface area contributed by atoms with Crippen LogP contribution in [0.5, 0.6) is 0 Å². The van der Waals surface area contributed by atoms with Gasteiger partial charge in [-0.1, -0.05) is 29.0 Å². The molecular weight excluding hydrogens is 542 g/mol. The van der Waals surface area contributed by atoms with E-state index < -0.39 is 27.9 Å². The highest BCUT2D eigenvalue weighted by Gasteiger charge is 2.17. The smallest absolute Gasteiger partial charge is 0.338 e. The first-order valence-electron chi connectivity index (χ1n) is 11.8. The van der Waals surface area contributed by atoms with Gasteiger partial charge in [0, 0.05) is 11.3 Å². The summed E-state index contributed by atoms with van der Waals surface area (Å²) in [5.74, 6) is -1.62. The molecule has 0 spiro atoms. The fourth-order valence-corrected chi connectivity index (χ4v) is 5.74. The summed E-state index contributed by atoms with van der Waals surface area (Å²) in [5.41, 5.74) is 2.35. The Labute approximate surface area is 228 Å². The van der Waals surface area contributed by atoms with E-state index >= 15 is 0 Å². The summed E-state index contributed by atoms with van der Waals surface area (Å²) in [7, 11) is -2.54. The Morgan fingerprint density at radius 1 is 0.974 bits per heavy atom. The molecule has 39 heavy (non-hydrogen) atoms. The minimum absolute atomic E-state index is 0.120. The maximum Gasteiger partial charge on any atom is 0.338 e. The fraction of sp³-hybridized carbons (Fsp3) is 0.185. The van der Waals surface area contributed by atoms with Crippen LogP contribution in [0, 0.1) is 6.92 Å². The van der Waals surface area contributed by atoms with Crippen molar-refractivity contribution in [3.05, 3.63) is 88.2 Å². The van der Waals surface area contributed by atoms with Gasteiger partial charge in [-0.3, -0.25) is 14.3 Å². The van der Waals surface area contributed by atoms with Crippen LogP contribution in [-0.4, -0.2) is 44.5 Å². The predicted molar refractivity (Wildman–Crippen MR) is 146 cm³/mol. The zero-order valence-corrected chi connectivity index (χ0v) is 23.0. The summed E-state index contributed by atoms with van der Waals surface area (Å²) in [5, 5.41) is 0. The minimum atomic E-state index is -3.80. The van der Waals surface area contributed by atoms with Crippen LogP contribution in [0.4, 0.5) is 5.69 Å². The molecule has 12 heteroatoms. The molecule has 10 nitrogen and oxygen atoms in total. The summed E-state index contributed by atoms with van der Waals surface area (Å²) in [6, 6.07) is 17.1. The minimum Gasteiger partial charge on any atom is -0.468 e. The standard InChI is InChI=1S/C27H25N3O7S2/c1-4-37-26(33)19-9-14-22-23(15-19)38-27(30(22)16-24(31)36-3)28-25(32)18-7-10-20(11-8-18)29-39(34,35)21-12-5-17(2)6-13-21/h5-15,29H,4,16H2,1-3H3. The van der Waals surface area contributed by atoms with Gasteiger partial charge in [-0.25, -0.2) is 13.2 Å². The summed E-state index contributed by atoms with van der Waals surface area (Å²) in [6.07, 6.45) is 0. The van der Waals surface area contributed by atoms with Crippen molar-refractivity contribution in [3.63, 3.8) is 0 Å². The molecule has 3 aromatic carbocycles. The molecular formula is C27H25N3O7S2. The van der Waals surface area contributed by atoms with Gasteiger partial charge in [0.1, 0.15) is 6.54 Å². The van der Waals surface area contributed by atoms with Crippen LogP contribution < -0.4 is 9.52 Å². The topological polar surface area (TPSA) is 133 Å². The van der Waals surface area contributed by atoms with E-state index in [0.717, 1.165) is 16.9 Å². The van der Waals surface area contributed by atoms with Gasteiger partial charge in [0.2, 0.25) is 0 Å². The molecule has 0 aliphatic rings. The lowest BCUT2D eigenvalue weighted by atomic mass is 10.2. The molecule has 0 saturated carbocycles. The Bertz CT molecular complexity index is 1720. The number of ether oxygens (including phenoxy) is 2. The molecule has 0 atom stereocenters. The van der Waals surface area contributed by atoms with Crippen LogP contribution in [0.3, 0.4) is 0 Å². The average molecular weight is 568 g/mol. The van der Waals surface area contributed by atoms with Crippen molar-refractivity contribution in [3.8, 4) is 0 Å². The average Bonchev–Trinajstić information content (AvgIpc) is 3.24. The van der Waals surface area contributed by atoms with E-state index in [1.807, 2.05) is 6.92 Å². The van der Waals surface area contributed by atoms with E-state index in [-0.39, 0.29) is 34.1 Å². The number of fused-ring (bicyclic) bond motifs is 1. The third kappa shape index (κ3) is 6.41. The normalized spacial score (nSPS) is 11.8. The molecule has 0 radical (unpaired) electrons. The van der Waals surface area contributed by atoms with Crippen LogP contribution in [0.15, 0.2) is 76.6 Å². The molecule has 0 aliphatic carbocycles. The largest absolute Gasteiger partial charge is 0.468 e. The van der Waals surface area contributed by atoms with Crippen LogP contribution in [-0.2, 0) is 30.8 Å². The van der Waals surface area contributed by atoms with Crippen LogP contribution >= 0.6 is 11.3 Å². The lowest BCUT2D eigenvalue weighted by Gasteiger charge is -2.08. The number of methoxy groups -OCH3 is 1. The number of nitrogens with zero attached hydrogens (tertiary/aromatic N) is 2. The van der Waals surface area contributed by atoms with Crippen molar-refractivity contribution >= 4 is 55.1 Å². The highest BCUT2D eigenvalue weighted by Crippen LogP contribution is 2.21. The molecule has 1 N–H and O–H groups in total. The second-order valence-corrected chi connectivity index (χ2v) is 11.1. The Morgan fingerprint density at radius 3 is 2.28 bits per heavy atom. The quantitative estimate of drug-likeness (QED) is 0.319. The number of thiazole rings is 1. The number of sulfonamides is 1. The molecule has 0 saturated heterocycles. The Hall–Kier alpha value is -4.29. The van der Waals surface area contributed by atoms with Crippen molar-refractivity contribution in [2.24, 2.45) is 4.99 Å². The van der Waals surface area contributed by atoms with Crippen LogP contribution in [0.25, 0.3) is 10.2 Å². The van der Waals surface area contributed by atoms with E-state index in [1.54, 1.807) is 37.3 Å². The van der Waals surface area contributed by atoms with Gasteiger partial charge in [0.25, 0.3) is 15.9 Å². The van der Waals surface area contributed by atoms with Gasteiger partial charge >= 0.3 is 11.9 Å². The van der Waals surface area contributed by atoms with E-state index in [0.29, 0.717) is 15.8 Å². The fourth-order valence-electron chi connectivity index (χ4n) is 3.61. The zero-order valence-electron chi connectivity index (χ0n) is 21.3. The number of aromatic nitrogens is 1. The van der Waals surface area contributed by atoms with Crippen molar-refractivity contribution in [2.75, 3.05) is 18.4 Å². The second-order valence-electron chi connectivity index (χ2n) is 8.36. The number of esters is 2. The Kier molecular flexibility index (Phi) is 8.27. The summed E-state index contributed by atoms with van der Waals surface area (Å²) in [4.78, 5) is 41.8. The van der Waals surface area contributed by atoms with Crippen molar-refractivity contribution in [1.82, 2.24) is 4.57 Å². The number of rotatable bonds is 8.